The molecule has 0 bridgehead atoms. The van der Waals surface area contributed by atoms with Crippen LogP contribution >= 0.6 is 0 Å². The first-order valence-corrected chi connectivity index (χ1v) is 10.7. The van der Waals surface area contributed by atoms with Crippen LogP contribution in [0.4, 0.5) is 4.79 Å². The molecule has 0 aliphatic heterocycles. The molecule has 0 saturated heterocycles. The number of aliphatic hydroxyl groups excluding tert-OH is 2. The molecule has 2 unspecified atom stereocenters. The number of fused-ring (bicyclic) bond motifs is 4. The molecule has 3 aromatic rings. The Morgan fingerprint density at radius 1 is 0.935 bits per heavy atom. The molecular formula is C26H25NO4. The van der Waals surface area contributed by atoms with Crippen LogP contribution in [0.5, 0.6) is 0 Å². The Labute approximate surface area is 181 Å². The molecule has 5 nitrogen and oxygen atoms in total. The molecule has 3 aromatic carbocycles. The fraction of sp³-hybridized carbons (Fsp3) is 0.269. The number of aliphatic hydroxyl groups is 2. The van der Waals surface area contributed by atoms with Crippen molar-refractivity contribution in [3.05, 3.63) is 94.5 Å². The first-order valence-electron chi connectivity index (χ1n) is 10.7. The highest BCUT2D eigenvalue weighted by molar-refractivity contribution is 5.79. The molecule has 5 heteroatoms. The Kier molecular flexibility index (Phi) is 5.22. The Bertz CT molecular complexity index is 1080. The lowest BCUT2D eigenvalue weighted by atomic mass is 9.86. The summed E-state index contributed by atoms with van der Waals surface area (Å²) in [5.74, 6) is -0.0175. The van der Waals surface area contributed by atoms with Gasteiger partial charge < -0.3 is 20.3 Å². The highest BCUT2D eigenvalue weighted by Crippen LogP contribution is 2.44. The second-order valence-electron chi connectivity index (χ2n) is 8.25. The number of benzene rings is 3. The average Bonchev–Trinajstić information content (AvgIpc) is 3.10. The molecular weight excluding hydrogens is 390 g/mol. The van der Waals surface area contributed by atoms with Crippen LogP contribution in [0, 0.1) is 0 Å². The van der Waals surface area contributed by atoms with Crippen molar-refractivity contribution < 1.29 is 19.7 Å². The van der Waals surface area contributed by atoms with Crippen molar-refractivity contribution >= 4 is 6.09 Å². The Morgan fingerprint density at radius 3 is 2.19 bits per heavy atom. The number of carbonyl (C=O) groups excluding carboxylic acids is 1. The first kappa shape index (κ1) is 19.8. The van der Waals surface area contributed by atoms with E-state index in [1.165, 1.54) is 22.3 Å². The molecule has 158 valence electrons. The van der Waals surface area contributed by atoms with Crippen molar-refractivity contribution in [1.82, 2.24) is 5.32 Å². The number of amides is 1. The van der Waals surface area contributed by atoms with Gasteiger partial charge in [-0.25, -0.2) is 4.79 Å². The number of hydrogen-bond donors (Lipinski definition) is 3. The van der Waals surface area contributed by atoms with E-state index in [1.807, 2.05) is 42.5 Å². The van der Waals surface area contributed by atoms with Crippen molar-refractivity contribution in [2.45, 2.75) is 31.0 Å². The Morgan fingerprint density at radius 2 is 1.58 bits per heavy atom. The van der Waals surface area contributed by atoms with Gasteiger partial charge in [0.05, 0.1) is 0 Å². The minimum atomic E-state index is -1.11. The van der Waals surface area contributed by atoms with Gasteiger partial charge in [-0.05, 0) is 51.8 Å². The summed E-state index contributed by atoms with van der Waals surface area (Å²) in [5, 5.41) is 23.3. The van der Waals surface area contributed by atoms with E-state index < -0.39 is 18.3 Å². The smallest absolute Gasteiger partial charge is 0.407 e. The van der Waals surface area contributed by atoms with Gasteiger partial charge in [-0.15, -0.1) is 0 Å². The van der Waals surface area contributed by atoms with Gasteiger partial charge in [0.25, 0.3) is 0 Å². The van der Waals surface area contributed by atoms with Gasteiger partial charge >= 0.3 is 6.09 Å². The quantitative estimate of drug-likeness (QED) is 0.573. The monoisotopic (exact) mass is 415 g/mol. The van der Waals surface area contributed by atoms with E-state index in [0.717, 1.165) is 24.0 Å². The minimum Gasteiger partial charge on any atom is -0.449 e. The van der Waals surface area contributed by atoms with Crippen molar-refractivity contribution in [2.24, 2.45) is 0 Å². The summed E-state index contributed by atoms with van der Waals surface area (Å²) in [7, 11) is 0. The summed E-state index contributed by atoms with van der Waals surface area (Å²) in [5.41, 5.74) is 7.81. The minimum absolute atomic E-state index is 0.0175. The number of ether oxygens (including phenoxy) is 1. The van der Waals surface area contributed by atoms with Crippen molar-refractivity contribution in [3.63, 3.8) is 0 Å². The third-order valence-corrected chi connectivity index (χ3v) is 6.40. The highest BCUT2D eigenvalue weighted by atomic mass is 16.5. The summed E-state index contributed by atoms with van der Waals surface area (Å²) >= 11 is 0. The molecule has 0 radical (unpaired) electrons. The summed E-state index contributed by atoms with van der Waals surface area (Å²) in [6.07, 6.45) is -0.703. The number of nitrogens with one attached hydrogen (secondary N) is 1. The number of carbonyl (C=O) groups is 1. The lowest BCUT2D eigenvalue weighted by Gasteiger charge is -2.23. The molecule has 2 aliphatic rings. The number of alkyl carbamates (subject to hydrolysis) is 1. The predicted octanol–water partition coefficient (Wildman–Crippen LogP) is 3.72. The zero-order valence-corrected chi connectivity index (χ0v) is 17.1. The van der Waals surface area contributed by atoms with Crippen LogP contribution in [0.3, 0.4) is 0 Å². The molecule has 2 atom stereocenters. The maximum absolute atomic E-state index is 12.3. The summed E-state index contributed by atoms with van der Waals surface area (Å²) in [6, 6.07) is 22.1. The molecule has 5 rings (SSSR count). The van der Waals surface area contributed by atoms with E-state index in [1.54, 1.807) is 0 Å². The largest absolute Gasteiger partial charge is 0.449 e. The molecule has 0 heterocycles. The molecule has 0 spiro atoms. The van der Waals surface area contributed by atoms with E-state index in [9.17, 15) is 15.0 Å². The van der Waals surface area contributed by atoms with Gasteiger partial charge in [0.2, 0.25) is 0 Å². The van der Waals surface area contributed by atoms with Crippen LogP contribution in [0.25, 0.3) is 11.1 Å². The second kappa shape index (κ2) is 8.17. The Hall–Kier alpha value is -3.15. The third kappa shape index (κ3) is 3.71. The first-order chi connectivity index (χ1) is 15.1. The normalized spacial score (nSPS) is 15.8. The van der Waals surface area contributed by atoms with Gasteiger partial charge in [0.15, 0.2) is 0 Å². The highest BCUT2D eigenvalue weighted by Gasteiger charge is 2.29. The van der Waals surface area contributed by atoms with Crippen LogP contribution in [-0.4, -0.2) is 35.6 Å². The van der Waals surface area contributed by atoms with E-state index in [0.29, 0.717) is 5.56 Å². The maximum atomic E-state index is 12.3. The number of rotatable bonds is 6. The molecule has 3 N–H and O–H groups in total. The molecule has 0 saturated carbocycles. The van der Waals surface area contributed by atoms with Crippen LogP contribution in [0.2, 0.25) is 0 Å². The van der Waals surface area contributed by atoms with Crippen molar-refractivity contribution in [3.8, 4) is 11.1 Å². The van der Waals surface area contributed by atoms with E-state index in [4.69, 9.17) is 4.74 Å². The number of aryl methyl sites for hydroxylation is 2. The van der Waals surface area contributed by atoms with Gasteiger partial charge in [-0.3, -0.25) is 0 Å². The topological polar surface area (TPSA) is 78.8 Å². The number of hydrogen-bond acceptors (Lipinski definition) is 4. The lowest BCUT2D eigenvalue weighted by molar-refractivity contribution is 0.0185. The fourth-order valence-electron chi connectivity index (χ4n) is 4.57. The third-order valence-electron chi connectivity index (χ3n) is 6.40. The molecule has 2 aliphatic carbocycles. The Balaban J connectivity index is 1.17. The summed E-state index contributed by atoms with van der Waals surface area (Å²) in [4.78, 5) is 12.3. The SMILES string of the molecule is O=C(NCC(O)C(O)c1ccc2c(c1)CC2)OCC1c2ccccc2-c2ccccc21. The summed E-state index contributed by atoms with van der Waals surface area (Å²) in [6.45, 7) is 0.123. The lowest BCUT2D eigenvalue weighted by Crippen LogP contribution is -2.36. The predicted molar refractivity (Wildman–Crippen MR) is 118 cm³/mol. The van der Waals surface area contributed by atoms with Crippen molar-refractivity contribution in [2.75, 3.05) is 13.2 Å². The van der Waals surface area contributed by atoms with Crippen LogP contribution < -0.4 is 5.32 Å². The second-order valence-corrected chi connectivity index (χ2v) is 8.25. The van der Waals surface area contributed by atoms with Gasteiger partial charge in [-0.1, -0.05) is 66.7 Å². The van der Waals surface area contributed by atoms with Crippen LogP contribution in [0.15, 0.2) is 66.7 Å². The zero-order valence-electron chi connectivity index (χ0n) is 17.1. The van der Waals surface area contributed by atoms with E-state index in [2.05, 4.69) is 29.6 Å². The van der Waals surface area contributed by atoms with Gasteiger partial charge in [0, 0.05) is 12.5 Å². The molecule has 0 aromatic heterocycles. The fourth-order valence-corrected chi connectivity index (χ4v) is 4.57. The standard InChI is InChI=1S/C26H25NO4/c28-24(25(29)18-12-10-16-9-11-17(16)13-18)14-27-26(30)31-15-23-21-7-3-1-5-19(21)20-6-2-4-8-22(20)23/h1-8,10,12-13,23-25,28-29H,9,11,14-15H2,(H,27,30). The molecule has 1 amide bonds. The summed E-state index contributed by atoms with van der Waals surface area (Å²) < 4.78 is 5.48. The molecule has 0 fully saturated rings. The van der Waals surface area contributed by atoms with Gasteiger partial charge in [-0.2, -0.15) is 0 Å². The maximum Gasteiger partial charge on any atom is 0.407 e. The van der Waals surface area contributed by atoms with Gasteiger partial charge in [0.1, 0.15) is 18.8 Å². The van der Waals surface area contributed by atoms with Crippen LogP contribution in [0.1, 0.15) is 39.8 Å². The zero-order chi connectivity index (χ0) is 21.4. The van der Waals surface area contributed by atoms with E-state index >= 15 is 0 Å². The van der Waals surface area contributed by atoms with E-state index in [-0.39, 0.29) is 19.1 Å². The molecule has 31 heavy (non-hydrogen) atoms. The van der Waals surface area contributed by atoms with Crippen LogP contribution in [-0.2, 0) is 17.6 Å². The average molecular weight is 415 g/mol. The van der Waals surface area contributed by atoms with Crippen molar-refractivity contribution in [1.29, 1.82) is 0 Å².